The number of allylic oxidation sites excluding steroid dienone is 2. The Kier molecular flexibility index (Phi) is 8.63. The molecule has 0 saturated carbocycles. The van der Waals surface area contributed by atoms with E-state index in [9.17, 15) is 0 Å². The van der Waals surface area contributed by atoms with Gasteiger partial charge in [-0.2, -0.15) is 0 Å². The number of hydrogen-bond acceptors (Lipinski definition) is 4. The second kappa shape index (κ2) is 11.6. The van der Waals surface area contributed by atoms with Crippen LogP contribution in [-0.2, 0) is 6.54 Å². The van der Waals surface area contributed by atoms with Crippen molar-refractivity contribution < 1.29 is 4.74 Å². The Hall–Kier alpha value is -2.92. The highest BCUT2D eigenvalue weighted by Gasteiger charge is 2.26. The van der Waals surface area contributed by atoms with Gasteiger partial charge in [-0.3, -0.25) is 4.98 Å². The second-order valence-electron chi connectivity index (χ2n) is 8.23. The molecule has 1 aromatic heterocycles. The molecule has 32 heavy (non-hydrogen) atoms. The van der Waals surface area contributed by atoms with E-state index < -0.39 is 0 Å². The van der Waals surface area contributed by atoms with Gasteiger partial charge < -0.3 is 15.4 Å². The van der Waals surface area contributed by atoms with Crippen LogP contribution in [0.1, 0.15) is 44.6 Å². The quantitative estimate of drug-likeness (QED) is 0.318. The van der Waals surface area contributed by atoms with Crippen molar-refractivity contribution >= 4 is 22.9 Å². The molecule has 0 fully saturated rings. The maximum atomic E-state index is 5.83. The number of ether oxygens (including phenoxy) is 1. The Balaban J connectivity index is 1.83. The first-order valence-electron chi connectivity index (χ1n) is 11.2. The lowest BCUT2D eigenvalue weighted by Gasteiger charge is -2.31. The molecule has 1 heterocycles. The van der Waals surface area contributed by atoms with E-state index in [1.165, 1.54) is 5.57 Å². The topological polar surface area (TPSA) is 46.2 Å². The summed E-state index contributed by atoms with van der Waals surface area (Å²) in [5, 5.41) is 7.04. The molecule has 5 heteroatoms. The van der Waals surface area contributed by atoms with Crippen molar-refractivity contribution in [1.29, 1.82) is 0 Å². The summed E-state index contributed by atoms with van der Waals surface area (Å²) < 4.78 is 5.47. The van der Waals surface area contributed by atoms with Crippen molar-refractivity contribution in [2.75, 3.05) is 12.4 Å². The average Bonchev–Trinajstić information content (AvgIpc) is 2.81. The van der Waals surface area contributed by atoms with Crippen molar-refractivity contribution in [2.24, 2.45) is 5.92 Å². The van der Waals surface area contributed by atoms with E-state index in [1.54, 1.807) is 19.5 Å². The van der Waals surface area contributed by atoms with E-state index in [0.29, 0.717) is 17.5 Å². The Bertz CT molecular complexity index is 997. The van der Waals surface area contributed by atoms with Gasteiger partial charge in [-0.25, -0.2) is 0 Å². The van der Waals surface area contributed by atoms with Gasteiger partial charge in [0.05, 0.1) is 13.3 Å². The molecule has 0 radical (unpaired) electrons. The van der Waals surface area contributed by atoms with E-state index in [2.05, 4.69) is 35.7 Å². The van der Waals surface area contributed by atoms with Crippen LogP contribution in [-0.4, -0.2) is 17.1 Å². The molecule has 1 unspecified atom stereocenters. The van der Waals surface area contributed by atoms with Gasteiger partial charge in [0.1, 0.15) is 10.7 Å². The van der Waals surface area contributed by atoms with Crippen molar-refractivity contribution in [3.8, 4) is 5.75 Å². The first kappa shape index (κ1) is 23.7. The monoisotopic (exact) mass is 447 g/mol. The molecular formula is C27H33N3OS. The fraction of sp³-hybridized carbons (Fsp3) is 0.333. The number of thiocarbonyl (C=S) groups is 1. The molecule has 0 amide bonds. The fourth-order valence-electron chi connectivity index (χ4n) is 4.03. The minimum atomic E-state index is 0.524. The zero-order chi connectivity index (χ0) is 22.9. The maximum Gasteiger partial charge on any atom is 0.142 e. The Morgan fingerprint density at radius 1 is 1.22 bits per heavy atom. The molecule has 0 bridgehead atoms. The number of benzene rings is 1. The summed E-state index contributed by atoms with van der Waals surface area (Å²) in [4.78, 5) is 4.87. The van der Waals surface area contributed by atoms with Crippen LogP contribution in [0.15, 0.2) is 84.4 Å². The molecule has 1 aliphatic carbocycles. The Labute approximate surface area is 197 Å². The highest BCUT2D eigenvalue weighted by atomic mass is 32.1. The Morgan fingerprint density at radius 2 is 2.00 bits per heavy atom. The van der Waals surface area contributed by atoms with Gasteiger partial charge in [-0.1, -0.05) is 56.1 Å². The highest BCUT2D eigenvalue weighted by molar-refractivity contribution is 7.81. The summed E-state index contributed by atoms with van der Waals surface area (Å²) in [5.74, 6) is 1.30. The Morgan fingerprint density at radius 3 is 2.72 bits per heavy atom. The van der Waals surface area contributed by atoms with E-state index in [1.807, 2.05) is 36.4 Å². The first-order chi connectivity index (χ1) is 15.5. The number of aromatic nitrogens is 1. The molecule has 0 saturated heterocycles. The smallest absolute Gasteiger partial charge is 0.142 e. The minimum Gasteiger partial charge on any atom is -0.495 e. The average molecular weight is 448 g/mol. The van der Waals surface area contributed by atoms with Gasteiger partial charge >= 0.3 is 0 Å². The second-order valence-corrected chi connectivity index (χ2v) is 8.64. The van der Waals surface area contributed by atoms with Crippen LogP contribution >= 0.6 is 12.2 Å². The molecule has 0 spiro atoms. The predicted octanol–water partition coefficient (Wildman–Crippen LogP) is 6.59. The molecule has 4 nitrogen and oxygen atoms in total. The van der Waals surface area contributed by atoms with Crippen LogP contribution in [0.3, 0.4) is 0 Å². The van der Waals surface area contributed by atoms with E-state index >= 15 is 0 Å². The minimum absolute atomic E-state index is 0.524. The van der Waals surface area contributed by atoms with Crippen LogP contribution in [0.4, 0.5) is 5.69 Å². The lowest BCUT2D eigenvalue weighted by atomic mass is 9.80. The van der Waals surface area contributed by atoms with Gasteiger partial charge in [0.15, 0.2) is 0 Å². The molecule has 2 aromatic rings. The van der Waals surface area contributed by atoms with Crippen LogP contribution in [0, 0.1) is 5.92 Å². The summed E-state index contributed by atoms with van der Waals surface area (Å²) >= 11 is 5.83. The van der Waals surface area contributed by atoms with Gasteiger partial charge in [0, 0.05) is 35.3 Å². The SMILES string of the molecule is C=C(CC)CCC1CC(=C)C(C(=S)Nc2ccccc2)=C(NCc2ccncc2OC)C1. The number of nitrogens with one attached hydrogen (secondary N) is 2. The summed E-state index contributed by atoms with van der Waals surface area (Å²) in [7, 11) is 1.67. The normalized spacial score (nSPS) is 15.9. The summed E-state index contributed by atoms with van der Waals surface area (Å²) in [6.45, 7) is 11.4. The fourth-order valence-corrected chi connectivity index (χ4v) is 4.42. The number of anilines is 1. The van der Waals surface area contributed by atoms with Crippen LogP contribution in [0.5, 0.6) is 5.75 Å². The third kappa shape index (κ3) is 6.30. The first-order valence-corrected chi connectivity index (χ1v) is 11.6. The van der Waals surface area contributed by atoms with Crippen molar-refractivity contribution in [3.63, 3.8) is 0 Å². The molecule has 1 atom stereocenters. The number of nitrogens with zero attached hydrogens (tertiary/aromatic N) is 1. The number of hydrogen-bond donors (Lipinski definition) is 2. The number of para-hydroxylation sites is 1. The largest absolute Gasteiger partial charge is 0.495 e. The molecule has 2 N–H and O–H groups in total. The van der Waals surface area contributed by atoms with Gasteiger partial charge in [0.2, 0.25) is 0 Å². The summed E-state index contributed by atoms with van der Waals surface area (Å²) in [5.41, 5.74) is 6.60. The molecule has 1 aliphatic rings. The van der Waals surface area contributed by atoms with Crippen LogP contribution < -0.4 is 15.4 Å². The van der Waals surface area contributed by atoms with Crippen molar-refractivity contribution in [3.05, 3.63) is 89.9 Å². The lowest BCUT2D eigenvalue weighted by Crippen LogP contribution is -2.28. The van der Waals surface area contributed by atoms with Crippen molar-refractivity contribution in [1.82, 2.24) is 10.3 Å². The number of pyridine rings is 1. The molecular weight excluding hydrogens is 414 g/mol. The summed E-state index contributed by atoms with van der Waals surface area (Å²) in [6.07, 6.45) is 8.63. The lowest BCUT2D eigenvalue weighted by molar-refractivity contribution is 0.405. The van der Waals surface area contributed by atoms with Gasteiger partial charge in [-0.15, -0.1) is 0 Å². The number of methoxy groups -OCH3 is 1. The summed E-state index contributed by atoms with van der Waals surface area (Å²) in [6, 6.07) is 12.0. The predicted molar refractivity (Wildman–Crippen MR) is 138 cm³/mol. The maximum absolute atomic E-state index is 5.83. The van der Waals surface area contributed by atoms with E-state index in [-0.39, 0.29) is 0 Å². The molecule has 168 valence electrons. The van der Waals surface area contributed by atoms with E-state index in [0.717, 1.165) is 65.9 Å². The van der Waals surface area contributed by atoms with Crippen LogP contribution in [0.25, 0.3) is 0 Å². The van der Waals surface area contributed by atoms with Gasteiger partial charge in [-0.05, 0) is 61.8 Å². The molecule has 1 aromatic carbocycles. The zero-order valence-corrected chi connectivity index (χ0v) is 19.9. The standard InChI is InChI=1S/C27H33N3OS/c1-5-19(2)11-12-21-15-20(3)26(27(32)30-23-9-7-6-8-10-23)24(16-21)29-17-22-13-14-28-18-25(22)31-4/h6-10,13-14,18,21,29H,2-3,5,11-12,15-17H2,1,4H3,(H,30,32). The van der Waals surface area contributed by atoms with Crippen LogP contribution in [0.2, 0.25) is 0 Å². The number of rotatable bonds is 10. The zero-order valence-electron chi connectivity index (χ0n) is 19.1. The van der Waals surface area contributed by atoms with E-state index in [4.69, 9.17) is 17.0 Å². The molecule has 3 rings (SSSR count). The third-order valence-electron chi connectivity index (χ3n) is 5.93. The third-order valence-corrected chi connectivity index (χ3v) is 6.24. The van der Waals surface area contributed by atoms with Gasteiger partial charge in [0.25, 0.3) is 0 Å². The molecule has 0 aliphatic heterocycles. The highest BCUT2D eigenvalue weighted by Crippen LogP contribution is 2.36. The van der Waals surface area contributed by atoms with Crippen molar-refractivity contribution in [2.45, 2.75) is 45.6 Å².